The molecular formula is C21H24N4O4S2. The van der Waals surface area contributed by atoms with Crippen LogP contribution in [0.4, 0.5) is 10.9 Å². The normalized spacial score (nSPS) is 14.9. The fourth-order valence-corrected chi connectivity index (χ4v) is 4.38. The summed E-state index contributed by atoms with van der Waals surface area (Å²) in [5.41, 5.74) is 0. The molecule has 0 saturated carbocycles. The molecule has 1 aromatic carbocycles. The first-order valence-electron chi connectivity index (χ1n) is 9.95. The summed E-state index contributed by atoms with van der Waals surface area (Å²) in [6.45, 7) is 2.61. The SMILES string of the molecule is CS(=O)(=O)c1ccc(Oc2cnc(Nc3nccs3)c(OCC3CCNCC3)c2)cc1. The van der Waals surface area contributed by atoms with Crippen molar-refractivity contribution >= 4 is 32.1 Å². The lowest BCUT2D eigenvalue weighted by molar-refractivity contribution is 0.215. The van der Waals surface area contributed by atoms with Crippen molar-refractivity contribution < 1.29 is 17.9 Å². The van der Waals surface area contributed by atoms with E-state index in [1.54, 1.807) is 30.6 Å². The van der Waals surface area contributed by atoms with Crippen LogP contribution in [-0.4, -0.2) is 44.3 Å². The zero-order valence-electron chi connectivity index (χ0n) is 17.1. The topological polar surface area (TPSA) is 102 Å². The number of ether oxygens (including phenoxy) is 2. The summed E-state index contributed by atoms with van der Waals surface area (Å²) >= 11 is 1.48. The van der Waals surface area contributed by atoms with Crippen LogP contribution >= 0.6 is 11.3 Å². The van der Waals surface area contributed by atoms with Crippen molar-refractivity contribution in [3.8, 4) is 17.2 Å². The number of pyridine rings is 1. The molecule has 4 rings (SSSR count). The average Bonchev–Trinajstić information content (AvgIpc) is 3.27. The first-order chi connectivity index (χ1) is 15.0. The van der Waals surface area contributed by atoms with Gasteiger partial charge in [-0.25, -0.2) is 18.4 Å². The van der Waals surface area contributed by atoms with Crippen LogP contribution in [-0.2, 0) is 9.84 Å². The first-order valence-corrected chi connectivity index (χ1v) is 12.7. The lowest BCUT2D eigenvalue weighted by Gasteiger charge is -2.23. The predicted molar refractivity (Wildman–Crippen MR) is 120 cm³/mol. The van der Waals surface area contributed by atoms with E-state index in [2.05, 4.69) is 20.6 Å². The van der Waals surface area contributed by atoms with Gasteiger partial charge >= 0.3 is 0 Å². The summed E-state index contributed by atoms with van der Waals surface area (Å²) in [5.74, 6) is 2.65. The molecule has 31 heavy (non-hydrogen) atoms. The van der Waals surface area contributed by atoms with Crippen molar-refractivity contribution in [2.75, 3.05) is 31.3 Å². The maximum Gasteiger partial charge on any atom is 0.188 e. The van der Waals surface area contributed by atoms with Crippen molar-refractivity contribution in [2.24, 2.45) is 5.92 Å². The van der Waals surface area contributed by atoms with Gasteiger partial charge in [0.25, 0.3) is 0 Å². The van der Waals surface area contributed by atoms with Gasteiger partial charge in [-0.1, -0.05) is 0 Å². The highest BCUT2D eigenvalue weighted by Gasteiger charge is 2.16. The monoisotopic (exact) mass is 460 g/mol. The van der Waals surface area contributed by atoms with E-state index in [1.807, 2.05) is 5.38 Å². The van der Waals surface area contributed by atoms with Gasteiger partial charge in [0.1, 0.15) is 11.5 Å². The fraction of sp³-hybridized carbons (Fsp3) is 0.333. The fourth-order valence-electron chi connectivity index (χ4n) is 3.22. The third-order valence-corrected chi connectivity index (χ3v) is 6.72. The summed E-state index contributed by atoms with van der Waals surface area (Å²) in [4.78, 5) is 8.95. The van der Waals surface area contributed by atoms with E-state index in [9.17, 15) is 8.42 Å². The molecule has 1 aliphatic heterocycles. The number of rotatable bonds is 8. The van der Waals surface area contributed by atoms with E-state index < -0.39 is 9.84 Å². The molecule has 0 spiro atoms. The maximum atomic E-state index is 11.6. The van der Waals surface area contributed by atoms with Gasteiger partial charge in [-0.05, 0) is 56.1 Å². The van der Waals surface area contributed by atoms with Crippen LogP contribution in [0.5, 0.6) is 17.2 Å². The van der Waals surface area contributed by atoms with Gasteiger partial charge < -0.3 is 20.1 Å². The summed E-state index contributed by atoms with van der Waals surface area (Å²) < 4.78 is 35.3. The summed E-state index contributed by atoms with van der Waals surface area (Å²) in [7, 11) is -3.25. The number of benzene rings is 1. The Labute approximate surface area is 185 Å². The van der Waals surface area contributed by atoms with Crippen LogP contribution in [0.1, 0.15) is 12.8 Å². The smallest absolute Gasteiger partial charge is 0.188 e. The van der Waals surface area contributed by atoms with Crippen LogP contribution < -0.4 is 20.1 Å². The molecule has 1 fully saturated rings. The van der Waals surface area contributed by atoms with Gasteiger partial charge in [-0.2, -0.15) is 0 Å². The van der Waals surface area contributed by atoms with Crippen LogP contribution in [0.3, 0.4) is 0 Å². The zero-order chi connectivity index (χ0) is 21.7. The Morgan fingerprint density at radius 1 is 1.16 bits per heavy atom. The minimum absolute atomic E-state index is 0.243. The Morgan fingerprint density at radius 3 is 2.61 bits per heavy atom. The molecule has 1 aliphatic rings. The van der Waals surface area contributed by atoms with Crippen molar-refractivity contribution in [1.82, 2.24) is 15.3 Å². The Kier molecular flexibility index (Phi) is 6.69. The van der Waals surface area contributed by atoms with Crippen LogP contribution in [0.2, 0.25) is 0 Å². The second-order valence-electron chi connectivity index (χ2n) is 7.33. The van der Waals surface area contributed by atoms with Gasteiger partial charge in [0, 0.05) is 23.9 Å². The summed E-state index contributed by atoms with van der Waals surface area (Å²) in [6, 6.07) is 8.06. The van der Waals surface area contributed by atoms with Crippen molar-refractivity contribution in [3.05, 3.63) is 48.1 Å². The Hall–Kier alpha value is -2.69. The lowest BCUT2D eigenvalue weighted by atomic mass is 9.99. The van der Waals surface area contributed by atoms with E-state index in [0.29, 0.717) is 35.6 Å². The highest BCUT2D eigenvalue weighted by Crippen LogP contribution is 2.33. The van der Waals surface area contributed by atoms with E-state index in [1.165, 1.54) is 29.7 Å². The highest BCUT2D eigenvalue weighted by molar-refractivity contribution is 7.90. The molecule has 0 radical (unpaired) electrons. The Morgan fingerprint density at radius 2 is 1.94 bits per heavy atom. The molecule has 8 nitrogen and oxygen atoms in total. The molecule has 0 atom stereocenters. The predicted octanol–water partition coefficient (Wildman–Crippen LogP) is 3.86. The van der Waals surface area contributed by atoms with Crippen molar-refractivity contribution in [2.45, 2.75) is 17.7 Å². The Bertz CT molecular complexity index is 1100. The number of aromatic nitrogens is 2. The largest absolute Gasteiger partial charge is 0.489 e. The molecule has 0 amide bonds. The average molecular weight is 461 g/mol. The van der Waals surface area contributed by atoms with Crippen molar-refractivity contribution in [3.63, 3.8) is 0 Å². The van der Waals surface area contributed by atoms with E-state index in [-0.39, 0.29) is 4.90 Å². The molecule has 0 unspecified atom stereocenters. The van der Waals surface area contributed by atoms with Gasteiger partial charge in [-0.3, -0.25) is 0 Å². The van der Waals surface area contributed by atoms with E-state index in [4.69, 9.17) is 9.47 Å². The number of hydrogen-bond donors (Lipinski definition) is 2. The van der Waals surface area contributed by atoms with Crippen LogP contribution in [0, 0.1) is 5.92 Å². The first kappa shape index (κ1) is 21.5. The molecule has 1 saturated heterocycles. The lowest BCUT2D eigenvalue weighted by Crippen LogP contribution is -2.30. The zero-order valence-corrected chi connectivity index (χ0v) is 18.7. The molecule has 2 aromatic heterocycles. The van der Waals surface area contributed by atoms with Crippen molar-refractivity contribution in [1.29, 1.82) is 0 Å². The third-order valence-electron chi connectivity index (χ3n) is 4.91. The van der Waals surface area contributed by atoms with Gasteiger partial charge in [-0.15, -0.1) is 11.3 Å². The number of anilines is 2. The van der Waals surface area contributed by atoms with Crippen LogP contribution in [0.25, 0.3) is 0 Å². The Balaban J connectivity index is 1.52. The quantitative estimate of drug-likeness (QED) is 0.523. The van der Waals surface area contributed by atoms with Gasteiger partial charge in [0.15, 0.2) is 26.5 Å². The minimum atomic E-state index is -3.25. The number of sulfone groups is 1. The molecule has 0 aliphatic carbocycles. The highest BCUT2D eigenvalue weighted by atomic mass is 32.2. The van der Waals surface area contributed by atoms with Gasteiger partial charge in [0.2, 0.25) is 0 Å². The second-order valence-corrected chi connectivity index (χ2v) is 10.2. The molecule has 0 bridgehead atoms. The molecule has 10 heteroatoms. The number of thiazole rings is 1. The number of hydrogen-bond acceptors (Lipinski definition) is 9. The molecule has 2 N–H and O–H groups in total. The molecular weight excluding hydrogens is 436 g/mol. The second kappa shape index (κ2) is 9.63. The number of nitrogens with zero attached hydrogens (tertiary/aromatic N) is 2. The van der Waals surface area contributed by atoms with E-state index >= 15 is 0 Å². The third kappa shape index (κ3) is 5.93. The molecule has 3 heterocycles. The number of piperidine rings is 1. The standard InChI is InChI=1S/C21H24N4O4S2/c1-31(26,27)18-4-2-16(3-5-18)29-17-12-19(28-14-15-6-8-22-9-7-15)20(24-13-17)25-21-23-10-11-30-21/h2-5,10-13,15,22H,6-9,14H2,1H3,(H,23,24,25). The molecule has 3 aromatic rings. The minimum Gasteiger partial charge on any atom is -0.489 e. The summed E-state index contributed by atoms with van der Waals surface area (Å²) in [5, 5.41) is 9.16. The number of nitrogens with one attached hydrogen (secondary N) is 2. The maximum absolute atomic E-state index is 11.6. The molecule has 164 valence electrons. The van der Waals surface area contributed by atoms with E-state index in [0.717, 1.165) is 31.1 Å². The summed E-state index contributed by atoms with van der Waals surface area (Å²) in [6.07, 6.45) is 6.64. The van der Waals surface area contributed by atoms with Gasteiger partial charge in [0.05, 0.1) is 17.7 Å². The van der Waals surface area contributed by atoms with Crippen LogP contribution in [0.15, 0.2) is 53.0 Å².